The molecule has 1 aliphatic rings. The zero-order valence-corrected chi connectivity index (χ0v) is 16.7. The minimum atomic E-state index is -0.954. The molecule has 140 valence electrons. The maximum atomic E-state index is 10.7. The molecular weight excluding hydrogens is 324 g/mol. The Morgan fingerprint density at radius 2 is 1.58 bits per heavy atom. The van der Waals surface area contributed by atoms with E-state index >= 15 is 0 Å². The third-order valence-electron chi connectivity index (χ3n) is 5.45. The Labute approximate surface area is 156 Å². The van der Waals surface area contributed by atoms with Gasteiger partial charge in [-0.25, -0.2) is 4.79 Å². The summed E-state index contributed by atoms with van der Waals surface area (Å²) in [4.78, 5) is 10.7. The van der Waals surface area contributed by atoms with Gasteiger partial charge in [-0.15, -0.1) is 0 Å². The number of hydrogen-bond donors (Lipinski definition) is 2. The van der Waals surface area contributed by atoms with E-state index in [4.69, 9.17) is 5.11 Å². The molecule has 0 bridgehead atoms. The van der Waals surface area contributed by atoms with Crippen LogP contribution in [-0.2, 0) is 15.6 Å². The molecule has 0 atom stereocenters. The molecule has 1 aromatic carbocycles. The van der Waals surface area contributed by atoms with Crippen molar-refractivity contribution in [1.29, 1.82) is 0 Å². The Hall–Kier alpha value is -2.29. The van der Waals surface area contributed by atoms with Crippen LogP contribution in [0.3, 0.4) is 0 Å². The van der Waals surface area contributed by atoms with E-state index in [0.29, 0.717) is 11.3 Å². The minimum Gasteiger partial charge on any atom is -0.507 e. The van der Waals surface area contributed by atoms with Crippen LogP contribution in [0.5, 0.6) is 5.75 Å². The molecule has 0 amide bonds. The Balaban J connectivity index is 2.44. The van der Waals surface area contributed by atoms with Gasteiger partial charge in [0.05, 0.1) is 0 Å². The average molecular weight is 354 g/mol. The number of aromatic hydroxyl groups is 1. The van der Waals surface area contributed by atoms with E-state index in [2.05, 4.69) is 33.8 Å². The molecule has 0 saturated carbocycles. The maximum absolute atomic E-state index is 10.7. The van der Waals surface area contributed by atoms with Crippen LogP contribution in [0.2, 0.25) is 0 Å². The van der Waals surface area contributed by atoms with E-state index in [-0.39, 0.29) is 10.8 Å². The molecule has 0 saturated heterocycles. The molecule has 0 aliphatic heterocycles. The summed E-state index contributed by atoms with van der Waals surface area (Å²) in [6, 6.07) is 4.06. The summed E-state index contributed by atoms with van der Waals surface area (Å²) in [6.45, 7) is 12.7. The van der Waals surface area contributed by atoms with E-state index in [0.717, 1.165) is 24.0 Å². The quantitative estimate of drug-likeness (QED) is 0.536. The molecule has 1 aliphatic carbocycles. The number of phenols is 1. The molecule has 1 aromatic rings. The zero-order valence-electron chi connectivity index (χ0n) is 16.7. The highest BCUT2D eigenvalue weighted by Crippen LogP contribution is 2.48. The molecule has 2 N–H and O–H groups in total. The fraction of sp³-hybridized carbons (Fsp3) is 0.435. The van der Waals surface area contributed by atoms with Crippen molar-refractivity contribution < 1.29 is 15.0 Å². The standard InChI is InChI=1S/C23H30O3/c1-15(12-21(25)26)8-7-9-16(2)17-13-18-19(14-20(17)24)23(5,6)11-10-22(18,3)4/h7-9,12-14,24H,10-11H2,1-6H3,(H,25,26)/b8-7+,15-12+,16-9-. The van der Waals surface area contributed by atoms with E-state index in [1.807, 2.05) is 25.1 Å². The highest BCUT2D eigenvalue weighted by Gasteiger charge is 2.37. The SMILES string of the molecule is C/C(=C/C=C/C(C)=C/C(=O)O)c1cc2c(cc1O)C(C)(C)CCC2(C)C. The Bertz CT molecular complexity index is 805. The van der Waals surface area contributed by atoms with Gasteiger partial charge in [0, 0.05) is 11.6 Å². The smallest absolute Gasteiger partial charge is 0.328 e. The Morgan fingerprint density at radius 1 is 1.04 bits per heavy atom. The fourth-order valence-electron chi connectivity index (χ4n) is 3.60. The second-order valence-electron chi connectivity index (χ2n) is 8.62. The van der Waals surface area contributed by atoms with Crippen LogP contribution in [0, 0.1) is 0 Å². The summed E-state index contributed by atoms with van der Waals surface area (Å²) in [5.41, 5.74) is 5.14. The van der Waals surface area contributed by atoms with Crippen molar-refractivity contribution in [1.82, 2.24) is 0 Å². The van der Waals surface area contributed by atoms with Crippen molar-refractivity contribution in [2.24, 2.45) is 0 Å². The highest BCUT2D eigenvalue weighted by molar-refractivity contribution is 5.81. The first kappa shape index (κ1) is 20.0. The number of aliphatic carboxylic acids is 1. The summed E-state index contributed by atoms with van der Waals surface area (Å²) in [7, 11) is 0. The van der Waals surface area contributed by atoms with E-state index in [9.17, 15) is 9.90 Å². The molecule has 0 unspecified atom stereocenters. The molecule has 0 heterocycles. The number of allylic oxidation sites excluding steroid dienone is 5. The number of fused-ring (bicyclic) bond motifs is 1. The average Bonchev–Trinajstić information content (AvgIpc) is 2.50. The van der Waals surface area contributed by atoms with Crippen LogP contribution in [0.1, 0.15) is 71.1 Å². The van der Waals surface area contributed by atoms with Gasteiger partial charge in [-0.1, -0.05) is 45.9 Å². The van der Waals surface area contributed by atoms with Crippen LogP contribution in [-0.4, -0.2) is 16.2 Å². The van der Waals surface area contributed by atoms with Crippen LogP contribution in [0.25, 0.3) is 5.57 Å². The summed E-state index contributed by atoms with van der Waals surface area (Å²) in [5, 5.41) is 19.4. The third-order valence-corrected chi connectivity index (χ3v) is 5.45. The van der Waals surface area contributed by atoms with Gasteiger partial charge in [0.25, 0.3) is 0 Å². The number of carbonyl (C=O) groups is 1. The van der Waals surface area contributed by atoms with Gasteiger partial charge >= 0.3 is 5.97 Å². The van der Waals surface area contributed by atoms with Gasteiger partial charge in [0.2, 0.25) is 0 Å². The maximum Gasteiger partial charge on any atom is 0.328 e. The van der Waals surface area contributed by atoms with Crippen molar-refractivity contribution in [2.45, 2.75) is 65.2 Å². The van der Waals surface area contributed by atoms with Crippen LogP contribution < -0.4 is 0 Å². The van der Waals surface area contributed by atoms with Gasteiger partial charge in [-0.05, 0) is 71.9 Å². The number of carboxylic acid groups (broad SMARTS) is 1. The molecule has 0 fully saturated rings. The normalized spacial score (nSPS) is 19.5. The Kier molecular flexibility index (Phi) is 5.50. The first-order valence-electron chi connectivity index (χ1n) is 9.08. The monoisotopic (exact) mass is 354 g/mol. The van der Waals surface area contributed by atoms with E-state index in [1.54, 1.807) is 13.0 Å². The van der Waals surface area contributed by atoms with Crippen LogP contribution >= 0.6 is 0 Å². The molecule has 0 radical (unpaired) electrons. The van der Waals surface area contributed by atoms with E-state index < -0.39 is 5.97 Å². The van der Waals surface area contributed by atoms with Gasteiger partial charge in [0.15, 0.2) is 0 Å². The second kappa shape index (κ2) is 7.14. The third kappa shape index (κ3) is 4.27. The van der Waals surface area contributed by atoms with Crippen molar-refractivity contribution in [3.05, 3.63) is 58.7 Å². The summed E-state index contributed by atoms with van der Waals surface area (Å²) < 4.78 is 0. The van der Waals surface area contributed by atoms with Gasteiger partial charge < -0.3 is 10.2 Å². The largest absolute Gasteiger partial charge is 0.507 e. The Morgan fingerprint density at radius 3 is 2.12 bits per heavy atom. The van der Waals surface area contributed by atoms with Gasteiger partial charge in [-0.3, -0.25) is 0 Å². The lowest BCUT2D eigenvalue weighted by Gasteiger charge is -2.42. The number of carboxylic acids is 1. The first-order chi connectivity index (χ1) is 11.9. The first-order valence-corrected chi connectivity index (χ1v) is 9.08. The lowest BCUT2D eigenvalue weighted by molar-refractivity contribution is -0.131. The molecule has 2 rings (SSSR count). The number of benzene rings is 1. The predicted octanol–water partition coefficient (Wildman–Crippen LogP) is 5.73. The highest BCUT2D eigenvalue weighted by atomic mass is 16.4. The number of rotatable bonds is 4. The van der Waals surface area contributed by atoms with Crippen LogP contribution in [0.4, 0.5) is 0 Å². The molecule has 0 spiro atoms. The lowest BCUT2D eigenvalue weighted by atomic mass is 9.62. The molecule has 3 nitrogen and oxygen atoms in total. The fourth-order valence-corrected chi connectivity index (χ4v) is 3.60. The number of phenolic OH excluding ortho intramolecular Hbond substituents is 1. The second-order valence-corrected chi connectivity index (χ2v) is 8.62. The van der Waals surface area contributed by atoms with Crippen molar-refractivity contribution >= 4 is 11.5 Å². The summed E-state index contributed by atoms with van der Waals surface area (Å²) in [6.07, 6.45) is 8.87. The predicted molar refractivity (Wildman–Crippen MR) is 108 cm³/mol. The minimum absolute atomic E-state index is 0.0666. The lowest BCUT2D eigenvalue weighted by Crippen LogP contribution is -2.33. The summed E-state index contributed by atoms with van der Waals surface area (Å²) >= 11 is 0. The summed E-state index contributed by atoms with van der Waals surface area (Å²) in [5.74, 6) is -0.653. The van der Waals surface area contributed by atoms with Gasteiger partial charge in [0.1, 0.15) is 5.75 Å². The van der Waals surface area contributed by atoms with Crippen molar-refractivity contribution in [2.75, 3.05) is 0 Å². The van der Waals surface area contributed by atoms with Crippen LogP contribution in [0.15, 0.2) is 42.0 Å². The van der Waals surface area contributed by atoms with Gasteiger partial charge in [-0.2, -0.15) is 0 Å². The number of hydrogen-bond acceptors (Lipinski definition) is 2. The van der Waals surface area contributed by atoms with E-state index in [1.165, 1.54) is 17.2 Å². The topological polar surface area (TPSA) is 57.5 Å². The molecular formula is C23H30O3. The van der Waals surface area contributed by atoms with Crippen molar-refractivity contribution in [3.8, 4) is 5.75 Å². The van der Waals surface area contributed by atoms with Crippen molar-refractivity contribution in [3.63, 3.8) is 0 Å². The zero-order chi connectivity index (χ0) is 19.7. The molecule has 3 heteroatoms. The molecule has 0 aromatic heterocycles. The molecule has 26 heavy (non-hydrogen) atoms.